The predicted octanol–water partition coefficient (Wildman–Crippen LogP) is 1.40. The fourth-order valence-electron chi connectivity index (χ4n) is 1.88. The molecule has 2 aromatic rings. The van der Waals surface area contributed by atoms with Crippen LogP contribution in [0.15, 0.2) is 54.9 Å². The van der Waals surface area contributed by atoms with Crippen LogP contribution in [0.3, 0.4) is 0 Å². The average molecular weight is 299 g/mol. The number of alkyl carbamates (subject to hydrolysis) is 1. The van der Waals surface area contributed by atoms with Crippen molar-refractivity contribution in [3.05, 3.63) is 66.0 Å². The molecule has 1 heterocycles. The zero-order chi connectivity index (χ0) is 15.8. The van der Waals surface area contributed by atoms with Gasteiger partial charge in [-0.25, -0.2) is 4.79 Å². The molecule has 6 heteroatoms. The van der Waals surface area contributed by atoms with E-state index in [-0.39, 0.29) is 13.0 Å². The molecule has 0 saturated carbocycles. The summed E-state index contributed by atoms with van der Waals surface area (Å²) in [5.74, 6) is -0.617. The highest BCUT2D eigenvalue weighted by molar-refractivity contribution is 5.84. The van der Waals surface area contributed by atoms with Crippen LogP contribution in [-0.2, 0) is 22.6 Å². The number of nitrogens with zero attached hydrogens (tertiary/aromatic N) is 1. The van der Waals surface area contributed by atoms with E-state index in [1.807, 2.05) is 30.3 Å². The summed E-state index contributed by atoms with van der Waals surface area (Å²) in [7, 11) is 0. The van der Waals surface area contributed by atoms with Crippen LogP contribution in [0.2, 0.25) is 0 Å². The summed E-state index contributed by atoms with van der Waals surface area (Å²) in [4.78, 5) is 27.1. The van der Waals surface area contributed by atoms with Crippen molar-refractivity contribution in [2.24, 2.45) is 5.73 Å². The quantitative estimate of drug-likeness (QED) is 0.843. The average Bonchev–Trinajstić information content (AvgIpc) is 2.54. The molecule has 0 spiro atoms. The lowest BCUT2D eigenvalue weighted by molar-refractivity contribution is -0.119. The van der Waals surface area contributed by atoms with E-state index in [0.29, 0.717) is 0 Å². The Bertz CT molecular complexity index is 617. The van der Waals surface area contributed by atoms with E-state index in [4.69, 9.17) is 10.5 Å². The summed E-state index contributed by atoms with van der Waals surface area (Å²) < 4.78 is 5.08. The third kappa shape index (κ3) is 4.90. The van der Waals surface area contributed by atoms with Crippen LogP contribution in [0.1, 0.15) is 11.1 Å². The number of nitrogens with two attached hydrogens (primary N) is 1. The van der Waals surface area contributed by atoms with Gasteiger partial charge in [0.15, 0.2) is 0 Å². The number of benzene rings is 1. The van der Waals surface area contributed by atoms with Gasteiger partial charge in [0.05, 0.1) is 0 Å². The number of carbonyl (C=O) groups excluding carboxylic acids is 2. The molecule has 0 saturated heterocycles. The minimum Gasteiger partial charge on any atom is -0.445 e. The molecule has 3 N–H and O–H groups in total. The van der Waals surface area contributed by atoms with Gasteiger partial charge < -0.3 is 15.8 Å². The third-order valence-electron chi connectivity index (χ3n) is 3.04. The van der Waals surface area contributed by atoms with Crippen LogP contribution in [0.5, 0.6) is 0 Å². The van der Waals surface area contributed by atoms with Gasteiger partial charge in [0.25, 0.3) is 0 Å². The summed E-state index contributed by atoms with van der Waals surface area (Å²) in [5, 5.41) is 2.48. The second kappa shape index (κ2) is 7.78. The zero-order valence-corrected chi connectivity index (χ0v) is 11.9. The molecular weight excluding hydrogens is 282 g/mol. The monoisotopic (exact) mass is 299 g/mol. The Balaban J connectivity index is 1.88. The number of amides is 2. The number of aromatic nitrogens is 1. The molecule has 114 valence electrons. The van der Waals surface area contributed by atoms with Gasteiger partial charge in [0.2, 0.25) is 5.91 Å². The maximum atomic E-state index is 11.8. The molecule has 0 aliphatic carbocycles. The smallest absolute Gasteiger partial charge is 0.408 e. The topological polar surface area (TPSA) is 94.3 Å². The number of rotatable bonds is 6. The Morgan fingerprint density at radius 1 is 1.09 bits per heavy atom. The van der Waals surface area contributed by atoms with Crippen molar-refractivity contribution in [2.75, 3.05) is 0 Å². The Morgan fingerprint density at radius 3 is 2.41 bits per heavy atom. The largest absolute Gasteiger partial charge is 0.445 e. The van der Waals surface area contributed by atoms with Crippen LogP contribution in [0.25, 0.3) is 0 Å². The highest BCUT2D eigenvalue weighted by Gasteiger charge is 2.19. The first-order valence-electron chi connectivity index (χ1n) is 6.80. The molecule has 0 fully saturated rings. The number of ether oxygens (including phenoxy) is 1. The lowest BCUT2D eigenvalue weighted by Crippen LogP contribution is -2.46. The van der Waals surface area contributed by atoms with E-state index in [9.17, 15) is 9.59 Å². The summed E-state index contributed by atoms with van der Waals surface area (Å²) >= 11 is 0. The number of hydrogen-bond acceptors (Lipinski definition) is 4. The standard InChI is InChI=1S/C16H17N3O3/c17-15(20)14(10-12-6-8-18-9-7-12)19-16(21)22-11-13-4-2-1-3-5-13/h1-9,14H,10-11H2,(H2,17,20)(H,19,21)/t14-/m0/s1. The molecule has 0 radical (unpaired) electrons. The van der Waals surface area contributed by atoms with Crippen molar-refractivity contribution in [2.45, 2.75) is 19.1 Å². The van der Waals surface area contributed by atoms with Crippen molar-refractivity contribution < 1.29 is 14.3 Å². The first kappa shape index (κ1) is 15.5. The second-order valence-electron chi connectivity index (χ2n) is 4.72. The first-order chi connectivity index (χ1) is 10.6. The molecule has 2 rings (SSSR count). The van der Waals surface area contributed by atoms with Crippen LogP contribution in [0.4, 0.5) is 4.79 Å². The SMILES string of the molecule is NC(=O)[C@H](Cc1ccncc1)NC(=O)OCc1ccccc1. The predicted molar refractivity (Wildman–Crippen MR) is 80.7 cm³/mol. The van der Waals surface area contributed by atoms with Gasteiger partial charge in [-0.3, -0.25) is 9.78 Å². The summed E-state index contributed by atoms with van der Waals surface area (Å²) in [6, 6.07) is 12.0. The van der Waals surface area contributed by atoms with Gasteiger partial charge in [-0.05, 0) is 23.3 Å². The van der Waals surface area contributed by atoms with E-state index in [2.05, 4.69) is 10.3 Å². The lowest BCUT2D eigenvalue weighted by atomic mass is 10.1. The Kier molecular flexibility index (Phi) is 5.48. The molecule has 1 atom stereocenters. The van der Waals surface area contributed by atoms with Crippen molar-refractivity contribution >= 4 is 12.0 Å². The molecular formula is C16H17N3O3. The highest BCUT2D eigenvalue weighted by atomic mass is 16.5. The van der Waals surface area contributed by atoms with Crippen LogP contribution >= 0.6 is 0 Å². The number of nitrogens with one attached hydrogen (secondary N) is 1. The molecule has 0 unspecified atom stereocenters. The van der Waals surface area contributed by atoms with E-state index in [0.717, 1.165) is 11.1 Å². The lowest BCUT2D eigenvalue weighted by Gasteiger charge is -2.15. The molecule has 2 amide bonds. The van der Waals surface area contributed by atoms with E-state index < -0.39 is 18.0 Å². The van der Waals surface area contributed by atoms with Gasteiger partial charge in [-0.2, -0.15) is 0 Å². The molecule has 1 aromatic carbocycles. The van der Waals surface area contributed by atoms with Gasteiger partial charge >= 0.3 is 6.09 Å². The van der Waals surface area contributed by atoms with Gasteiger partial charge in [-0.1, -0.05) is 30.3 Å². The normalized spacial score (nSPS) is 11.5. The van der Waals surface area contributed by atoms with Crippen molar-refractivity contribution in [1.82, 2.24) is 10.3 Å². The fourth-order valence-corrected chi connectivity index (χ4v) is 1.88. The van der Waals surface area contributed by atoms with Crippen LogP contribution in [0, 0.1) is 0 Å². The number of hydrogen-bond donors (Lipinski definition) is 2. The summed E-state index contributed by atoms with van der Waals surface area (Å²) in [6.07, 6.45) is 2.84. The Morgan fingerprint density at radius 2 is 1.77 bits per heavy atom. The molecule has 0 bridgehead atoms. The van der Waals surface area contributed by atoms with E-state index in [1.165, 1.54) is 0 Å². The Hall–Kier alpha value is -2.89. The van der Waals surface area contributed by atoms with E-state index >= 15 is 0 Å². The fraction of sp³-hybridized carbons (Fsp3) is 0.188. The van der Waals surface area contributed by atoms with Crippen molar-refractivity contribution in [1.29, 1.82) is 0 Å². The van der Waals surface area contributed by atoms with Gasteiger partial charge in [0.1, 0.15) is 12.6 Å². The van der Waals surface area contributed by atoms with Gasteiger partial charge in [-0.15, -0.1) is 0 Å². The summed E-state index contributed by atoms with van der Waals surface area (Å²) in [6.45, 7) is 0.132. The molecule has 0 aliphatic rings. The van der Waals surface area contributed by atoms with Gasteiger partial charge in [0, 0.05) is 18.8 Å². The number of primary amides is 1. The van der Waals surface area contributed by atoms with Crippen molar-refractivity contribution in [3.63, 3.8) is 0 Å². The zero-order valence-electron chi connectivity index (χ0n) is 11.9. The maximum absolute atomic E-state index is 11.8. The minimum absolute atomic E-state index is 0.132. The Labute approximate surface area is 128 Å². The second-order valence-corrected chi connectivity index (χ2v) is 4.72. The van der Waals surface area contributed by atoms with Crippen LogP contribution in [-0.4, -0.2) is 23.0 Å². The minimum atomic E-state index is -0.828. The molecule has 22 heavy (non-hydrogen) atoms. The molecule has 6 nitrogen and oxygen atoms in total. The molecule has 1 aromatic heterocycles. The van der Waals surface area contributed by atoms with Crippen molar-refractivity contribution in [3.8, 4) is 0 Å². The van der Waals surface area contributed by atoms with Crippen LogP contribution < -0.4 is 11.1 Å². The highest BCUT2D eigenvalue weighted by Crippen LogP contribution is 2.04. The third-order valence-corrected chi connectivity index (χ3v) is 3.04. The maximum Gasteiger partial charge on any atom is 0.408 e. The number of carbonyl (C=O) groups is 2. The summed E-state index contributed by atoms with van der Waals surface area (Å²) in [5.41, 5.74) is 7.03. The van der Waals surface area contributed by atoms with E-state index in [1.54, 1.807) is 24.5 Å². The molecule has 0 aliphatic heterocycles. The first-order valence-corrected chi connectivity index (χ1v) is 6.80. The number of pyridine rings is 1.